The zero-order valence-corrected chi connectivity index (χ0v) is 8.47. The summed E-state index contributed by atoms with van der Waals surface area (Å²) in [5.74, 6) is -1.53. The Bertz CT molecular complexity index is 403. The SMILES string of the molecule is O=C(O)c1cc(OCC(F)(F)F)ccc1Cl. The molecule has 0 bridgehead atoms. The highest BCUT2D eigenvalue weighted by Crippen LogP contribution is 2.24. The third kappa shape index (κ3) is 3.62. The fourth-order valence-electron chi connectivity index (χ4n) is 0.923. The number of ether oxygens (including phenoxy) is 1. The van der Waals surface area contributed by atoms with Crippen LogP contribution in [-0.4, -0.2) is 23.9 Å². The quantitative estimate of drug-likeness (QED) is 0.902. The van der Waals surface area contributed by atoms with E-state index in [1.165, 1.54) is 6.07 Å². The minimum Gasteiger partial charge on any atom is -0.484 e. The van der Waals surface area contributed by atoms with Crippen molar-refractivity contribution in [1.82, 2.24) is 0 Å². The maximum absolute atomic E-state index is 11.8. The molecule has 7 heteroatoms. The van der Waals surface area contributed by atoms with Gasteiger partial charge in [0.2, 0.25) is 0 Å². The van der Waals surface area contributed by atoms with E-state index in [1.807, 2.05) is 0 Å². The van der Waals surface area contributed by atoms with Crippen LogP contribution in [0.2, 0.25) is 5.02 Å². The number of rotatable bonds is 3. The van der Waals surface area contributed by atoms with Crippen LogP contribution in [0.3, 0.4) is 0 Å². The average Bonchev–Trinajstić information content (AvgIpc) is 2.14. The highest BCUT2D eigenvalue weighted by atomic mass is 35.5. The molecule has 0 aromatic heterocycles. The molecule has 0 radical (unpaired) electrons. The number of carbonyl (C=O) groups is 1. The van der Waals surface area contributed by atoms with Gasteiger partial charge in [-0.25, -0.2) is 4.79 Å². The van der Waals surface area contributed by atoms with Gasteiger partial charge < -0.3 is 9.84 Å². The summed E-state index contributed by atoms with van der Waals surface area (Å²) in [7, 11) is 0. The molecule has 1 aromatic carbocycles. The lowest BCUT2D eigenvalue weighted by atomic mass is 10.2. The lowest BCUT2D eigenvalue weighted by Gasteiger charge is -2.09. The Morgan fingerprint density at radius 1 is 1.44 bits per heavy atom. The number of hydrogen-bond acceptors (Lipinski definition) is 2. The first-order chi connectivity index (χ1) is 7.29. The third-order valence-electron chi connectivity index (χ3n) is 1.57. The van der Waals surface area contributed by atoms with Crippen LogP contribution in [0.1, 0.15) is 10.4 Å². The zero-order valence-electron chi connectivity index (χ0n) is 7.71. The summed E-state index contributed by atoms with van der Waals surface area (Å²) in [5.41, 5.74) is -0.304. The highest BCUT2D eigenvalue weighted by Gasteiger charge is 2.28. The van der Waals surface area contributed by atoms with E-state index >= 15 is 0 Å². The second-order valence-corrected chi connectivity index (χ2v) is 3.26. The van der Waals surface area contributed by atoms with Gasteiger partial charge in [0.05, 0.1) is 10.6 Å². The fraction of sp³-hybridized carbons (Fsp3) is 0.222. The molecule has 0 atom stereocenters. The summed E-state index contributed by atoms with van der Waals surface area (Å²) in [6.45, 7) is -1.48. The van der Waals surface area contributed by atoms with Crippen molar-refractivity contribution >= 4 is 17.6 Å². The van der Waals surface area contributed by atoms with Crippen LogP contribution < -0.4 is 4.74 Å². The maximum Gasteiger partial charge on any atom is 0.422 e. The van der Waals surface area contributed by atoms with Crippen LogP contribution in [0.15, 0.2) is 18.2 Å². The molecule has 0 fully saturated rings. The van der Waals surface area contributed by atoms with Crippen LogP contribution in [0.25, 0.3) is 0 Å². The lowest BCUT2D eigenvalue weighted by molar-refractivity contribution is -0.153. The van der Waals surface area contributed by atoms with Crippen LogP contribution in [0.5, 0.6) is 5.75 Å². The number of carboxylic acid groups (broad SMARTS) is 1. The zero-order chi connectivity index (χ0) is 12.3. The van der Waals surface area contributed by atoms with E-state index in [4.69, 9.17) is 16.7 Å². The van der Waals surface area contributed by atoms with Crippen molar-refractivity contribution in [2.24, 2.45) is 0 Å². The normalized spacial score (nSPS) is 11.2. The van der Waals surface area contributed by atoms with E-state index in [2.05, 4.69) is 4.74 Å². The molecule has 0 saturated carbocycles. The predicted molar refractivity (Wildman–Crippen MR) is 50.0 cm³/mol. The minimum atomic E-state index is -4.47. The first kappa shape index (κ1) is 12.6. The molecule has 88 valence electrons. The minimum absolute atomic E-state index is 0.0631. The number of halogens is 4. The van der Waals surface area contributed by atoms with Gasteiger partial charge in [-0.1, -0.05) is 11.6 Å². The van der Waals surface area contributed by atoms with E-state index in [-0.39, 0.29) is 16.3 Å². The topological polar surface area (TPSA) is 46.5 Å². The first-order valence-corrected chi connectivity index (χ1v) is 4.40. The van der Waals surface area contributed by atoms with Gasteiger partial charge in [0, 0.05) is 0 Å². The van der Waals surface area contributed by atoms with Gasteiger partial charge in [-0.2, -0.15) is 13.2 Å². The molecule has 16 heavy (non-hydrogen) atoms. The van der Waals surface area contributed by atoms with E-state index in [9.17, 15) is 18.0 Å². The molecule has 0 amide bonds. The van der Waals surface area contributed by atoms with Gasteiger partial charge in [0.1, 0.15) is 5.75 Å². The molecular weight excluding hydrogens is 249 g/mol. The standard InChI is InChI=1S/C9H6ClF3O3/c10-7-2-1-5(3-6(7)8(14)15)16-4-9(11,12)13/h1-3H,4H2,(H,14,15). The first-order valence-electron chi connectivity index (χ1n) is 4.02. The molecule has 1 rings (SSSR count). The second-order valence-electron chi connectivity index (χ2n) is 2.85. The van der Waals surface area contributed by atoms with Gasteiger partial charge in [0.15, 0.2) is 6.61 Å². The smallest absolute Gasteiger partial charge is 0.422 e. The molecule has 0 aliphatic rings. The number of carboxylic acids is 1. The van der Waals surface area contributed by atoms with Crippen LogP contribution in [-0.2, 0) is 0 Å². The van der Waals surface area contributed by atoms with Crippen molar-refractivity contribution in [2.75, 3.05) is 6.61 Å². The molecule has 1 N–H and O–H groups in total. The second kappa shape index (κ2) is 4.61. The maximum atomic E-state index is 11.8. The molecule has 0 saturated heterocycles. The molecular formula is C9H6ClF3O3. The Morgan fingerprint density at radius 3 is 2.56 bits per heavy atom. The van der Waals surface area contributed by atoms with Crippen molar-refractivity contribution in [3.63, 3.8) is 0 Å². The Kier molecular flexibility index (Phi) is 3.64. The highest BCUT2D eigenvalue weighted by molar-refractivity contribution is 6.33. The monoisotopic (exact) mass is 254 g/mol. The van der Waals surface area contributed by atoms with Gasteiger partial charge in [-0.15, -0.1) is 0 Å². The van der Waals surface area contributed by atoms with E-state index in [1.54, 1.807) is 0 Å². The third-order valence-corrected chi connectivity index (χ3v) is 1.90. The Balaban J connectivity index is 2.83. The largest absolute Gasteiger partial charge is 0.484 e. The molecule has 0 spiro atoms. The van der Waals surface area contributed by atoms with Crippen molar-refractivity contribution in [1.29, 1.82) is 0 Å². The number of alkyl halides is 3. The van der Waals surface area contributed by atoms with Crippen molar-refractivity contribution in [3.8, 4) is 5.75 Å². The van der Waals surface area contributed by atoms with Crippen molar-refractivity contribution < 1.29 is 27.8 Å². The number of aromatic carboxylic acids is 1. The summed E-state index contributed by atoms with van der Waals surface area (Å²) in [6, 6.07) is 3.27. The average molecular weight is 255 g/mol. The van der Waals surface area contributed by atoms with Gasteiger partial charge >= 0.3 is 12.1 Å². The van der Waals surface area contributed by atoms with E-state index in [0.717, 1.165) is 12.1 Å². The van der Waals surface area contributed by atoms with Gasteiger partial charge in [-0.05, 0) is 18.2 Å². The van der Waals surface area contributed by atoms with Crippen molar-refractivity contribution in [2.45, 2.75) is 6.18 Å². The van der Waals surface area contributed by atoms with E-state index in [0.29, 0.717) is 0 Å². The Hall–Kier alpha value is -1.43. The van der Waals surface area contributed by atoms with Crippen molar-refractivity contribution in [3.05, 3.63) is 28.8 Å². The molecule has 0 unspecified atom stereocenters. The van der Waals surface area contributed by atoms with Gasteiger partial charge in [-0.3, -0.25) is 0 Å². The summed E-state index contributed by atoms with van der Waals surface area (Å²) in [6.07, 6.45) is -4.47. The summed E-state index contributed by atoms with van der Waals surface area (Å²) in [4.78, 5) is 10.6. The lowest BCUT2D eigenvalue weighted by Crippen LogP contribution is -2.19. The predicted octanol–water partition coefficient (Wildman–Crippen LogP) is 2.98. The molecule has 0 aliphatic carbocycles. The van der Waals surface area contributed by atoms with Gasteiger partial charge in [0.25, 0.3) is 0 Å². The fourth-order valence-corrected chi connectivity index (χ4v) is 1.12. The Labute approximate surface area is 93.4 Å². The molecule has 0 aliphatic heterocycles. The number of hydrogen-bond donors (Lipinski definition) is 1. The van der Waals surface area contributed by atoms with E-state index < -0.39 is 18.8 Å². The molecule has 1 aromatic rings. The summed E-state index contributed by atoms with van der Waals surface area (Å²) in [5, 5.41) is 8.59. The number of benzene rings is 1. The van der Waals surface area contributed by atoms with Crippen LogP contribution >= 0.6 is 11.6 Å². The Morgan fingerprint density at radius 2 is 2.06 bits per heavy atom. The molecule has 3 nitrogen and oxygen atoms in total. The summed E-state index contributed by atoms with van der Waals surface area (Å²) < 4.78 is 39.8. The molecule has 0 heterocycles. The summed E-state index contributed by atoms with van der Waals surface area (Å²) >= 11 is 5.52. The van der Waals surface area contributed by atoms with Crippen LogP contribution in [0, 0.1) is 0 Å². The van der Waals surface area contributed by atoms with Crippen LogP contribution in [0.4, 0.5) is 13.2 Å².